The van der Waals surface area contributed by atoms with Crippen LogP contribution in [0.2, 0.25) is 0 Å². The van der Waals surface area contributed by atoms with Crippen molar-refractivity contribution in [2.75, 3.05) is 0 Å². The van der Waals surface area contributed by atoms with Crippen LogP contribution in [-0.2, 0) is 3.92 Å². The minimum absolute atomic E-state index is 0.470. The van der Waals surface area contributed by atoms with Crippen LogP contribution in [0.1, 0.15) is 0 Å². The number of rotatable bonds is 1. The van der Waals surface area contributed by atoms with Gasteiger partial charge in [-0.1, -0.05) is 4.68 Å². The lowest BCUT2D eigenvalue weighted by molar-refractivity contribution is -0.397. The lowest BCUT2D eigenvalue weighted by Gasteiger charge is -2.04. The van der Waals surface area contributed by atoms with Gasteiger partial charge in [0.25, 0.3) is 0 Å². The monoisotopic (exact) mass is 231 g/mol. The largest absolute Gasteiger partial charge is 0.483 e. The third-order valence-electron chi connectivity index (χ3n) is 0.857. The van der Waals surface area contributed by atoms with Crippen molar-refractivity contribution in [2.24, 2.45) is 0 Å². The maximum Gasteiger partial charge on any atom is 0.483 e. The van der Waals surface area contributed by atoms with Gasteiger partial charge in [0, 0.05) is 5.21 Å². The molecule has 1 aromatic heterocycles. The summed E-state index contributed by atoms with van der Waals surface area (Å²) in [4.78, 5) is 9.34. The highest BCUT2D eigenvalue weighted by Gasteiger charge is 2.36. The van der Waals surface area contributed by atoms with Gasteiger partial charge in [0.15, 0.2) is 0 Å². The van der Waals surface area contributed by atoms with Crippen LogP contribution in [0, 0.1) is 10.1 Å². The zero-order chi connectivity index (χ0) is 9.35. The molecule has 0 spiro atoms. The fraction of sp³-hybridized carbons (Fsp3) is 0.500. The topological polar surface area (TPSA) is 86.7 Å². The quantitative estimate of drug-likeness (QED) is 0.407. The van der Waals surface area contributed by atoms with Crippen LogP contribution in [-0.4, -0.2) is 25.1 Å². The normalized spacial score (nSPS) is 11.6. The van der Waals surface area contributed by atoms with Crippen molar-refractivity contribution in [3.63, 3.8) is 0 Å². The standard InChI is InChI=1S/C2Cl3N5O2/c3-2(4,5)9-1(10(11)12)6-7-8-9. The molecule has 1 aromatic rings. The summed E-state index contributed by atoms with van der Waals surface area (Å²) in [6, 6.07) is 0. The molecule has 0 fully saturated rings. The third-order valence-corrected chi connectivity index (χ3v) is 1.34. The average Bonchev–Trinajstić information content (AvgIpc) is 2.30. The maximum atomic E-state index is 10.2. The molecule has 0 aliphatic carbocycles. The predicted molar refractivity (Wildman–Crippen MR) is 40.0 cm³/mol. The number of hydrogen-bond donors (Lipinski definition) is 0. The van der Waals surface area contributed by atoms with Gasteiger partial charge in [-0.15, -0.1) is 0 Å². The predicted octanol–water partition coefficient (Wildman–Crippen LogP) is 0.865. The molecular weight excluding hydrogens is 232 g/mol. The van der Waals surface area contributed by atoms with E-state index in [2.05, 4.69) is 15.5 Å². The van der Waals surface area contributed by atoms with E-state index in [1.165, 1.54) is 0 Å². The van der Waals surface area contributed by atoms with Crippen molar-refractivity contribution in [1.82, 2.24) is 20.2 Å². The number of nitro groups is 1. The van der Waals surface area contributed by atoms with Crippen LogP contribution in [0.3, 0.4) is 0 Å². The van der Waals surface area contributed by atoms with Gasteiger partial charge in [-0.3, -0.25) is 0 Å². The Balaban J connectivity index is 3.17. The lowest BCUT2D eigenvalue weighted by atomic mass is 11.0. The summed E-state index contributed by atoms with van der Waals surface area (Å²) in [6.07, 6.45) is 0. The van der Waals surface area contributed by atoms with Crippen molar-refractivity contribution in [1.29, 1.82) is 0 Å². The molecule has 1 rings (SSSR count). The highest BCUT2D eigenvalue weighted by Crippen LogP contribution is 2.33. The van der Waals surface area contributed by atoms with Crippen LogP contribution in [0.15, 0.2) is 0 Å². The second kappa shape index (κ2) is 3.00. The lowest BCUT2D eigenvalue weighted by Crippen LogP contribution is -2.17. The molecule has 0 N–H and O–H groups in total. The first-order valence-corrected chi connectivity index (χ1v) is 3.56. The van der Waals surface area contributed by atoms with Gasteiger partial charge >= 0.3 is 9.86 Å². The molecular formula is C2Cl3N5O2. The van der Waals surface area contributed by atoms with Crippen molar-refractivity contribution in [3.8, 4) is 0 Å². The highest BCUT2D eigenvalue weighted by molar-refractivity contribution is 6.64. The van der Waals surface area contributed by atoms with E-state index in [9.17, 15) is 10.1 Å². The van der Waals surface area contributed by atoms with E-state index < -0.39 is 14.8 Å². The first-order chi connectivity index (χ1) is 5.43. The first kappa shape index (κ1) is 9.43. The van der Waals surface area contributed by atoms with Gasteiger partial charge in [-0.2, -0.15) is 0 Å². The molecule has 0 saturated carbocycles. The van der Waals surface area contributed by atoms with E-state index in [1.807, 2.05) is 0 Å². The molecule has 0 atom stereocenters. The van der Waals surface area contributed by atoms with Gasteiger partial charge in [-0.25, -0.2) is 0 Å². The number of aromatic nitrogens is 4. The summed E-state index contributed by atoms with van der Waals surface area (Å²) >= 11 is 15.9. The first-order valence-electron chi connectivity index (χ1n) is 2.43. The van der Waals surface area contributed by atoms with Crippen molar-refractivity contribution in [3.05, 3.63) is 10.1 Å². The van der Waals surface area contributed by atoms with Crippen molar-refractivity contribution in [2.45, 2.75) is 3.92 Å². The SMILES string of the molecule is O=[N+]([O-])c1nnnn1C(Cl)(Cl)Cl. The summed E-state index contributed by atoms with van der Waals surface area (Å²) in [6.45, 7) is 0. The summed E-state index contributed by atoms with van der Waals surface area (Å²) in [5, 5.41) is 19.3. The van der Waals surface area contributed by atoms with E-state index in [-0.39, 0.29) is 0 Å². The molecule has 0 saturated heterocycles. The molecule has 12 heavy (non-hydrogen) atoms. The molecule has 0 aromatic carbocycles. The minimum atomic E-state index is -2.05. The summed E-state index contributed by atoms with van der Waals surface area (Å²) in [5.74, 6) is -0.727. The van der Waals surface area contributed by atoms with Crippen LogP contribution in [0.25, 0.3) is 0 Å². The van der Waals surface area contributed by atoms with Gasteiger partial charge in [0.1, 0.15) is 0 Å². The number of alkyl halides is 3. The molecule has 0 amide bonds. The van der Waals surface area contributed by atoms with Gasteiger partial charge in [-0.05, 0) is 39.7 Å². The van der Waals surface area contributed by atoms with E-state index in [1.54, 1.807) is 0 Å². The zero-order valence-electron chi connectivity index (χ0n) is 5.19. The average molecular weight is 232 g/mol. The molecule has 1 heterocycles. The minimum Gasteiger partial charge on any atom is -0.390 e. The molecule has 0 radical (unpaired) electrons. The fourth-order valence-electron chi connectivity index (χ4n) is 0.460. The molecule has 0 aliphatic rings. The van der Waals surface area contributed by atoms with E-state index in [0.717, 1.165) is 0 Å². The second-order valence-electron chi connectivity index (χ2n) is 1.62. The smallest absolute Gasteiger partial charge is 0.390 e. The third kappa shape index (κ3) is 1.74. The van der Waals surface area contributed by atoms with E-state index in [4.69, 9.17) is 34.8 Å². The van der Waals surface area contributed by atoms with Gasteiger partial charge in [0.2, 0.25) is 0 Å². The van der Waals surface area contributed by atoms with E-state index in [0.29, 0.717) is 4.68 Å². The summed E-state index contributed by atoms with van der Waals surface area (Å²) < 4.78 is -1.58. The molecule has 0 bridgehead atoms. The molecule has 0 aliphatic heterocycles. The van der Waals surface area contributed by atoms with E-state index >= 15 is 0 Å². The number of nitrogens with zero attached hydrogens (tertiary/aromatic N) is 5. The van der Waals surface area contributed by atoms with Gasteiger partial charge in [0.05, 0.1) is 10.3 Å². The van der Waals surface area contributed by atoms with Crippen LogP contribution in [0.5, 0.6) is 0 Å². The Kier molecular flexibility index (Phi) is 2.36. The van der Waals surface area contributed by atoms with Crippen LogP contribution >= 0.6 is 34.8 Å². The summed E-state index contributed by atoms with van der Waals surface area (Å²) in [7, 11) is 0. The highest BCUT2D eigenvalue weighted by atomic mass is 35.6. The van der Waals surface area contributed by atoms with Crippen LogP contribution in [0.4, 0.5) is 5.95 Å². The van der Waals surface area contributed by atoms with Crippen molar-refractivity contribution >= 4 is 40.8 Å². The Hall–Kier alpha value is -0.660. The Morgan fingerprint density at radius 2 is 2.08 bits per heavy atom. The van der Waals surface area contributed by atoms with Gasteiger partial charge < -0.3 is 10.1 Å². The summed E-state index contributed by atoms with van der Waals surface area (Å²) in [5.41, 5.74) is 0. The van der Waals surface area contributed by atoms with Crippen molar-refractivity contribution < 1.29 is 4.92 Å². The molecule has 66 valence electrons. The van der Waals surface area contributed by atoms with Crippen LogP contribution < -0.4 is 0 Å². The molecule has 10 heteroatoms. The number of halogens is 3. The zero-order valence-corrected chi connectivity index (χ0v) is 7.45. The Morgan fingerprint density at radius 3 is 2.42 bits per heavy atom. The Bertz CT molecular complexity index is 304. The number of hydrogen-bond acceptors (Lipinski definition) is 5. The molecule has 7 nitrogen and oxygen atoms in total. The maximum absolute atomic E-state index is 10.2. The Labute approximate surface area is 80.3 Å². The Morgan fingerprint density at radius 1 is 1.50 bits per heavy atom. The number of tetrazole rings is 1. The molecule has 0 unspecified atom stereocenters. The second-order valence-corrected chi connectivity index (χ2v) is 3.84. The fourth-order valence-corrected chi connectivity index (χ4v) is 0.789.